The van der Waals surface area contributed by atoms with E-state index in [-0.39, 0.29) is 18.3 Å². The number of rotatable bonds is 7. The molecule has 34 heavy (non-hydrogen) atoms. The number of dihydropyridines is 1. The zero-order valence-corrected chi connectivity index (χ0v) is 21.8. The summed E-state index contributed by atoms with van der Waals surface area (Å²) in [6, 6.07) is 3.56. The van der Waals surface area contributed by atoms with Crippen molar-refractivity contribution in [3.63, 3.8) is 0 Å². The number of ether oxygens (including phenoxy) is 4. The van der Waals surface area contributed by atoms with Gasteiger partial charge in [-0.2, -0.15) is 0 Å². The van der Waals surface area contributed by atoms with Crippen molar-refractivity contribution >= 4 is 33.7 Å². The molecule has 0 bridgehead atoms. The molecule has 1 heterocycles. The molecule has 184 valence electrons. The highest BCUT2D eigenvalue weighted by molar-refractivity contribution is 9.10. The summed E-state index contributed by atoms with van der Waals surface area (Å²) in [5.74, 6) is -2.49. The van der Waals surface area contributed by atoms with Gasteiger partial charge in [0.15, 0.2) is 17.3 Å². The van der Waals surface area contributed by atoms with Crippen LogP contribution in [0.25, 0.3) is 0 Å². The molecule has 1 aromatic carbocycles. The van der Waals surface area contributed by atoms with E-state index < -0.39 is 23.8 Å². The molecule has 1 N–H and O–H groups in total. The summed E-state index contributed by atoms with van der Waals surface area (Å²) in [6.45, 7) is 7.83. The Morgan fingerprint density at radius 2 is 1.88 bits per heavy atom. The highest BCUT2D eigenvalue weighted by Gasteiger charge is 2.47. The monoisotopic (exact) mass is 535 g/mol. The van der Waals surface area contributed by atoms with Crippen LogP contribution in [-0.4, -0.2) is 45.2 Å². The van der Waals surface area contributed by atoms with Crippen molar-refractivity contribution in [2.75, 3.05) is 27.4 Å². The summed E-state index contributed by atoms with van der Waals surface area (Å²) in [5, 5.41) is 3.24. The van der Waals surface area contributed by atoms with Gasteiger partial charge in [-0.1, -0.05) is 6.92 Å². The predicted octanol–water partition coefficient (Wildman–Crippen LogP) is 4.03. The first-order valence-electron chi connectivity index (χ1n) is 11.2. The average molecular weight is 536 g/mol. The molecular weight excluding hydrogens is 506 g/mol. The minimum Gasteiger partial charge on any atom is -0.493 e. The lowest BCUT2D eigenvalue weighted by Crippen LogP contribution is -2.43. The van der Waals surface area contributed by atoms with Crippen LogP contribution in [0.15, 0.2) is 39.1 Å². The molecule has 0 unspecified atom stereocenters. The van der Waals surface area contributed by atoms with Crippen molar-refractivity contribution in [2.45, 2.75) is 40.0 Å². The Kier molecular flexibility index (Phi) is 8.07. The van der Waals surface area contributed by atoms with Crippen LogP contribution < -0.4 is 14.8 Å². The molecule has 1 aliphatic heterocycles. The van der Waals surface area contributed by atoms with Crippen LogP contribution in [0.2, 0.25) is 0 Å². The Balaban J connectivity index is 2.26. The number of nitrogens with one attached hydrogen (secondary N) is 1. The highest BCUT2D eigenvalue weighted by Crippen LogP contribution is 2.48. The number of benzene rings is 1. The molecule has 8 nitrogen and oxygen atoms in total. The second-order valence-electron chi connectivity index (χ2n) is 8.22. The molecule has 0 aromatic heterocycles. The maximum absolute atomic E-state index is 13.8. The van der Waals surface area contributed by atoms with Crippen molar-refractivity contribution < 1.29 is 33.3 Å². The van der Waals surface area contributed by atoms with E-state index in [0.29, 0.717) is 57.1 Å². The fraction of sp³-hybridized carbons (Fsp3) is 0.480. The third-order valence-corrected chi connectivity index (χ3v) is 6.70. The van der Waals surface area contributed by atoms with Crippen molar-refractivity contribution in [3.8, 4) is 11.5 Å². The van der Waals surface area contributed by atoms with Gasteiger partial charge in [-0.15, -0.1) is 0 Å². The van der Waals surface area contributed by atoms with Crippen LogP contribution in [0.5, 0.6) is 11.5 Å². The summed E-state index contributed by atoms with van der Waals surface area (Å²) < 4.78 is 22.2. The third kappa shape index (κ3) is 4.58. The Labute approximate surface area is 207 Å². The topological polar surface area (TPSA) is 100 Å². The van der Waals surface area contributed by atoms with Crippen LogP contribution in [0, 0.1) is 11.8 Å². The van der Waals surface area contributed by atoms with E-state index >= 15 is 0 Å². The number of hydrogen-bond acceptors (Lipinski definition) is 8. The number of allylic oxidation sites excluding steroid dienone is 3. The van der Waals surface area contributed by atoms with Gasteiger partial charge in [-0.25, -0.2) is 4.79 Å². The van der Waals surface area contributed by atoms with E-state index in [9.17, 15) is 14.4 Å². The lowest BCUT2D eigenvalue weighted by molar-refractivity contribution is -0.151. The van der Waals surface area contributed by atoms with Crippen LogP contribution in [0.4, 0.5) is 0 Å². The average Bonchev–Trinajstić information content (AvgIpc) is 2.79. The van der Waals surface area contributed by atoms with Gasteiger partial charge in [0.1, 0.15) is 5.92 Å². The smallest absolute Gasteiger partial charge is 0.336 e. The molecule has 0 saturated heterocycles. The molecule has 0 saturated carbocycles. The number of ketones is 1. The van der Waals surface area contributed by atoms with Crippen molar-refractivity contribution in [1.29, 1.82) is 0 Å². The van der Waals surface area contributed by atoms with Crippen molar-refractivity contribution in [3.05, 3.63) is 44.7 Å². The fourth-order valence-electron chi connectivity index (χ4n) is 4.68. The lowest BCUT2D eigenvalue weighted by Gasteiger charge is -2.38. The predicted molar refractivity (Wildman–Crippen MR) is 128 cm³/mol. The Hall–Kier alpha value is -2.81. The van der Waals surface area contributed by atoms with E-state index in [1.54, 1.807) is 26.0 Å². The number of carbonyl (C=O) groups is 3. The standard InChI is InChI=1S/C25H30BrNO7/c1-7-33-23-15(26)10-14(11-17(23)31-5)20-19(25(30)34-8-2)13(4)27-16-9-12(3)18(24(29)32-6)22(28)21(16)20/h10-12,18,20,27H,7-9H2,1-6H3/t12-,18-,20+/m1/s1. The van der Waals surface area contributed by atoms with E-state index in [1.165, 1.54) is 14.2 Å². The lowest BCUT2D eigenvalue weighted by atomic mass is 9.69. The SMILES string of the molecule is CCOC(=O)C1=C(C)NC2=C(C(=O)[C@H](C(=O)OC)[C@H](C)C2)[C@H]1c1cc(Br)c(OCC)c(OC)c1. The van der Waals surface area contributed by atoms with Crippen LogP contribution in [-0.2, 0) is 23.9 Å². The van der Waals surface area contributed by atoms with Gasteiger partial charge in [-0.05, 0) is 66.7 Å². The second kappa shape index (κ2) is 10.6. The highest BCUT2D eigenvalue weighted by atomic mass is 79.9. The normalized spacial score (nSPS) is 22.1. The number of hydrogen-bond donors (Lipinski definition) is 1. The quantitative estimate of drug-likeness (QED) is 0.412. The molecule has 9 heteroatoms. The maximum atomic E-state index is 13.8. The number of methoxy groups -OCH3 is 2. The molecule has 3 rings (SSSR count). The van der Waals surface area contributed by atoms with Crippen molar-refractivity contribution in [2.24, 2.45) is 11.8 Å². The zero-order valence-electron chi connectivity index (χ0n) is 20.2. The molecular formula is C25H30BrNO7. The Morgan fingerprint density at radius 3 is 2.47 bits per heavy atom. The van der Waals surface area contributed by atoms with E-state index in [4.69, 9.17) is 18.9 Å². The molecule has 0 spiro atoms. The third-order valence-electron chi connectivity index (χ3n) is 6.11. The zero-order chi connectivity index (χ0) is 25.2. The van der Waals surface area contributed by atoms with Gasteiger partial charge in [0.2, 0.25) is 0 Å². The van der Waals surface area contributed by atoms with Gasteiger partial charge >= 0.3 is 11.9 Å². The minimum absolute atomic E-state index is 0.181. The summed E-state index contributed by atoms with van der Waals surface area (Å²) in [7, 11) is 2.79. The van der Waals surface area contributed by atoms with E-state index in [0.717, 1.165) is 0 Å². The maximum Gasteiger partial charge on any atom is 0.336 e. The Morgan fingerprint density at radius 1 is 1.18 bits per heavy atom. The van der Waals surface area contributed by atoms with Gasteiger partial charge in [0.05, 0.1) is 37.5 Å². The summed E-state index contributed by atoms with van der Waals surface area (Å²) in [6.07, 6.45) is 0.458. The largest absolute Gasteiger partial charge is 0.493 e. The first-order valence-corrected chi connectivity index (χ1v) is 12.0. The molecule has 1 aliphatic carbocycles. The van der Waals surface area contributed by atoms with Crippen LogP contribution in [0.1, 0.15) is 45.6 Å². The van der Waals surface area contributed by atoms with Crippen LogP contribution in [0.3, 0.4) is 0 Å². The number of carbonyl (C=O) groups excluding carboxylic acids is 3. The first-order chi connectivity index (χ1) is 16.2. The first kappa shape index (κ1) is 25.8. The number of halogens is 1. The minimum atomic E-state index is -0.956. The summed E-state index contributed by atoms with van der Waals surface area (Å²) >= 11 is 3.54. The van der Waals surface area contributed by atoms with Crippen molar-refractivity contribution in [1.82, 2.24) is 5.32 Å². The molecule has 0 radical (unpaired) electrons. The summed E-state index contributed by atoms with van der Waals surface area (Å²) in [4.78, 5) is 39.4. The molecule has 0 fully saturated rings. The van der Waals surface area contributed by atoms with E-state index in [1.807, 2.05) is 13.8 Å². The summed E-state index contributed by atoms with van der Waals surface area (Å²) in [5.41, 5.74) is 2.60. The van der Waals surface area contributed by atoms with Crippen LogP contribution >= 0.6 is 15.9 Å². The second-order valence-corrected chi connectivity index (χ2v) is 9.08. The van der Waals surface area contributed by atoms with E-state index in [2.05, 4.69) is 21.2 Å². The van der Waals surface area contributed by atoms with Gasteiger partial charge in [0, 0.05) is 22.9 Å². The fourth-order valence-corrected chi connectivity index (χ4v) is 5.26. The Bertz CT molecular complexity index is 1080. The molecule has 0 amide bonds. The number of Topliss-reactive ketones (excluding diaryl/α,β-unsaturated/α-hetero) is 1. The molecule has 1 aromatic rings. The molecule has 3 atom stereocenters. The van der Waals surface area contributed by atoms with Gasteiger partial charge in [-0.3, -0.25) is 9.59 Å². The van der Waals surface area contributed by atoms with Gasteiger partial charge < -0.3 is 24.3 Å². The van der Waals surface area contributed by atoms with Gasteiger partial charge in [0.25, 0.3) is 0 Å². The molecule has 2 aliphatic rings. The number of esters is 2.